The lowest BCUT2D eigenvalue weighted by Gasteiger charge is -2.32. The van der Waals surface area contributed by atoms with Gasteiger partial charge in [-0.3, -0.25) is 4.79 Å². The van der Waals surface area contributed by atoms with Gasteiger partial charge < -0.3 is 5.32 Å². The number of sulfonamides is 1. The zero-order chi connectivity index (χ0) is 13.1. The van der Waals surface area contributed by atoms with E-state index in [0.29, 0.717) is 25.4 Å². The topological polar surface area (TPSA) is 66.5 Å². The minimum atomic E-state index is -3.29. The Hall–Kier alpha value is -0.620. The summed E-state index contributed by atoms with van der Waals surface area (Å²) in [7, 11) is -3.29. The molecule has 0 unspecified atom stereocenters. The number of carbonyl (C=O) groups excluding carboxylic acids is 1. The van der Waals surface area contributed by atoms with Crippen molar-refractivity contribution in [1.82, 2.24) is 9.62 Å². The number of nitrogens with zero attached hydrogens (tertiary/aromatic N) is 1. The molecular formula is C11H22N2O3S. The second kappa shape index (κ2) is 5.82. The summed E-state index contributed by atoms with van der Waals surface area (Å²) in [4.78, 5) is 11.9. The van der Waals surface area contributed by atoms with Gasteiger partial charge in [0.1, 0.15) is 6.04 Å². The van der Waals surface area contributed by atoms with Crippen LogP contribution in [0.5, 0.6) is 0 Å². The Morgan fingerprint density at radius 2 is 2.06 bits per heavy atom. The molecule has 0 radical (unpaired) electrons. The second-order valence-corrected chi connectivity index (χ2v) is 6.96. The SMILES string of the molecule is CC(C)CNC(=O)[C@H]1CCCCN1S(C)(=O)=O. The number of hydrogen-bond donors (Lipinski definition) is 1. The maximum Gasteiger partial charge on any atom is 0.238 e. The van der Waals surface area contributed by atoms with Gasteiger partial charge in [0.25, 0.3) is 0 Å². The number of hydrogen-bond acceptors (Lipinski definition) is 3. The molecule has 5 nitrogen and oxygen atoms in total. The molecule has 0 aromatic rings. The van der Waals surface area contributed by atoms with Gasteiger partial charge in [-0.25, -0.2) is 8.42 Å². The van der Waals surface area contributed by atoms with Crippen LogP contribution in [0.15, 0.2) is 0 Å². The predicted molar refractivity (Wildman–Crippen MR) is 67.0 cm³/mol. The van der Waals surface area contributed by atoms with Gasteiger partial charge in [-0.15, -0.1) is 0 Å². The van der Waals surface area contributed by atoms with Crippen LogP contribution in [-0.2, 0) is 14.8 Å². The molecule has 1 heterocycles. The fourth-order valence-corrected chi connectivity index (χ4v) is 3.11. The molecule has 17 heavy (non-hydrogen) atoms. The van der Waals surface area contributed by atoms with Gasteiger partial charge in [-0.1, -0.05) is 20.3 Å². The van der Waals surface area contributed by atoms with Crippen molar-refractivity contribution in [3.8, 4) is 0 Å². The molecule has 0 aromatic heterocycles. The molecule has 100 valence electrons. The van der Waals surface area contributed by atoms with Crippen molar-refractivity contribution in [1.29, 1.82) is 0 Å². The van der Waals surface area contributed by atoms with E-state index in [1.54, 1.807) is 0 Å². The summed E-state index contributed by atoms with van der Waals surface area (Å²) in [6.45, 7) is 5.07. The van der Waals surface area contributed by atoms with Crippen LogP contribution in [0.2, 0.25) is 0 Å². The van der Waals surface area contributed by atoms with Crippen LogP contribution in [-0.4, -0.2) is 44.0 Å². The first-order valence-electron chi connectivity index (χ1n) is 6.07. The monoisotopic (exact) mass is 262 g/mol. The van der Waals surface area contributed by atoms with Crippen molar-refractivity contribution in [2.24, 2.45) is 5.92 Å². The lowest BCUT2D eigenvalue weighted by Crippen LogP contribution is -2.51. The molecule has 1 aliphatic heterocycles. The average molecular weight is 262 g/mol. The Labute approximate surface area is 104 Å². The van der Waals surface area contributed by atoms with E-state index in [1.807, 2.05) is 13.8 Å². The molecule has 1 saturated heterocycles. The van der Waals surface area contributed by atoms with Gasteiger partial charge in [0.15, 0.2) is 0 Å². The Bertz CT molecular complexity index is 365. The molecule has 1 fully saturated rings. The molecule has 1 rings (SSSR count). The quantitative estimate of drug-likeness (QED) is 0.805. The number of rotatable bonds is 4. The molecule has 0 aliphatic carbocycles. The first kappa shape index (κ1) is 14.4. The van der Waals surface area contributed by atoms with Crippen molar-refractivity contribution in [2.45, 2.75) is 39.2 Å². The predicted octanol–water partition coefficient (Wildman–Crippen LogP) is 0.573. The Morgan fingerprint density at radius 3 is 2.59 bits per heavy atom. The molecule has 0 spiro atoms. The average Bonchev–Trinajstić information content (AvgIpc) is 2.24. The highest BCUT2D eigenvalue weighted by atomic mass is 32.2. The summed E-state index contributed by atoms with van der Waals surface area (Å²) in [6.07, 6.45) is 3.53. The third kappa shape index (κ3) is 4.27. The standard InChI is InChI=1S/C11H22N2O3S/c1-9(2)8-12-11(14)10-6-4-5-7-13(10)17(3,15)16/h9-10H,4-8H2,1-3H3,(H,12,14)/t10-/m1/s1. The van der Waals surface area contributed by atoms with Gasteiger partial charge in [-0.2, -0.15) is 4.31 Å². The fraction of sp³-hybridized carbons (Fsp3) is 0.909. The number of amides is 1. The lowest BCUT2D eigenvalue weighted by molar-refractivity contribution is -0.125. The maximum absolute atomic E-state index is 11.9. The van der Waals surface area contributed by atoms with E-state index in [2.05, 4.69) is 5.32 Å². The molecule has 1 N–H and O–H groups in total. The molecule has 6 heteroatoms. The Kier molecular flexibility index (Phi) is 4.94. The van der Waals surface area contributed by atoms with E-state index in [-0.39, 0.29) is 5.91 Å². The summed E-state index contributed by atoms with van der Waals surface area (Å²) >= 11 is 0. The van der Waals surface area contributed by atoms with E-state index in [0.717, 1.165) is 12.8 Å². The highest BCUT2D eigenvalue weighted by molar-refractivity contribution is 7.88. The zero-order valence-corrected chi connectivity index (χ0v) is 11.6. The van der Waals surface area contributed by atoms with Gasteiger partial charge >= 0.3 is 0 Å². The van der Waals surface area contributed by atoms with Crippen LogP contribution in [0, 0.1) is 5.92 Å². The summed E-state index contributed by atoms with van der Waals surface area (Å²) in [5.74, 6) is 0.207. The molecule has 0 saturated carbocycles. The third-order valence-electron chi connectivity index (χ3n) is 2.87. The maximum atomic E-state index is 11.9. The van der Waals surface area contributed by atoms with E-state index in [9.17, 15) is 13.2 Å². The summed E-state index contributed by atoms with van der Waals surface area (Å²) in [5, 5.41) is 2.81. The number of piperidine rings is 1. The number of nitrogens with one attached hydrogen (secondary N) is 1. The number of carbonyl (C=O) groups is 1. The minimum Gasteiger partial charge on any atom is -0.354 e. The van der Waals surface area contributed by atoms with Gasteiger partial charge in [-0.05, 0) is 18.8 Å². The van der Waals surface area contributed by atoms with E-state index in [4.69, 9.17) is 0 Å². The van der Waals surface area contributed by atoms with Crippen LogP contribution in [0.3, 0.4) is 0 Å². The van der Waals surface area contributed by atoms with Crippen molar-refractivity contribution < 1.29 is 13.2 Å². The van der Waals surface area contributed by atoms with Gasteiger partial charge in [0, 0.05) is 13.1 Å². The normalized spacial score (nSPS) is 22.7. The highest BCUT2D eigenvalue weighted by Gasteiger charge is 2.34. The molecule has 1 aliphatic rings. The van der Waals surface area contributed by atoms with Crippen LogP contribution in [0.4, 0.5) is 0 Å². The van der Waals surface area contributed by atoms with Crippen molar-refractivity contribution >= 4 is 15.9 Å². The molecule has 0 aromatic carbocycles. The first-order chi connectivity index (χ1) is 7.82. The Balaban J connectivity index is 2.68. The Morgan fingerprint density at radius 1 is 1.41 bits per heavy atom. The first-order valence-corrected chi connectivity index (χ1v) is 7.91. The molecule has 1 atom stereocenters. The fourth-order valence-electron chi connectivity index (χ4n) is 1.99. The van der Waals surface area contributed by atoms with Crippen LogP contribution in [0.25, 0.3) is 0 Å². The van der Waals surface area contributed by atoms with Crippen molar-refractivity contribution in [3.05, 3.63) is 0 Å². The van der Waals surface area contributed by atoms with Crippen LogP contribution in [0.1, 0.15) is 33.1 Å². The summed E-state index contributed by atoms with van der Waals surface area (Å²) in [5.41, 5.74) is 0. The highest BCUT2D eigenvalue weighted by Crippen LogP contribution is 2.19. The van der Waals surface area contributed by atoms with Crippen LogP contribution < -0.4 is 5.32 Å². The third-order valence-corrected chi connectivity index (χ3v) is 4.16. The minimum absolute atomic E-state index is 0.163. The van der Waals surface area contributed by atoms with E-state index < -0.39 is 16.1 Å². The largest absolute Gasteiger partial charge is 0.354 e. The lowest BCUT2D eigenvalue weighted by atomic mass is 10.0. The molecule has 1 amide bonds. The van der Waals surface area contributed by atoms with E-state index >= 15 is 0 Å². The van der Waals surface area contributed by atoms with E-state index in [1.165, 1.54) is 10.6 Å². The smallest absolute Gasteiger partial charge is 0.238 e. The summed E-state index contributed by atoms with van der Waals surface area (Å²) in [6, 6.07) is -0.516. The van der Waals surface area contributed by atoms with Crippen LogP contribution >= 0.6 is 0 Å². The molecular weight excluding hydrogens is 240 g/mol. The van der Waals surface area contributed by atoms with Gasteiger partial charge in [0.05, 0.1) is 6.26 Å². The summed E-state index contributed by atoms with van der Waals surface area (Å²) < 4.78 is 24.5. The van der Waals surface area contributed by atoms with Crippen molar-refractivity contribution in [2.75, 3.05) is 19.3 Å². The van der Waals surface area contributed by atoms with Gasteiger partial charge in [0.2, 0.25) is 15.9 Å². The second-order valence-electron chi connectivity index (χ2n) is 5.02. The zero-order valence-electron chi connectivity index (χ0n) is 10.8. The van der Waals surface area contributed by atoms with Crippen molar-refractivity contribution in [3.63, 3.8) is 0 Å². The molecule has 0 bridgehead atoms.